The Bertz CT molecular complexity index is 244. The van der Waals surface area contributed by atoms with Crippen LogP contribution in [-0.4, -0.2) is 5.78 Å². The molecule has 0 atom stereocenters. The van der Waals surface area contributed by atoms with Gasteiger partial charge in [-0.05, 0) is 39.2 Å². The summed E-state index contributed by atoms with van der Waals surface area (Å²) in [6.45, 7) is 9.95. The lowest BCUT2D eigenvalue weighted by atomic mass is 10.0. The maximum absolute atomic E-state index is 11.1. The second-order valence-corrected chi connectivity index (χ2v) is 3.40. The summed E-state index contributed by atoms with van der Waals surface area (Å²) >= 11 is 0. The number of carbonyl (C=O) groups is 1. The number of allylic oxidation sites excluding steroid dienone is 4. The molecule has 0 N–H and O–H groups in total. The third-order valence-electron chi connectivity index (χ3n) is 2.43. The minimum atomic E-state index is 0.186. The Morgan fingerprint density at radius 3 is 1.92 bits per heavy atom. The minimum Gasteiger partial charge on any atom is -0.295 e. The van der Waals surface area contributed by atoms with Crippen molar-refractivity contribution in [3.8, 4) is 0 Å². The summed E-state index contributed by atoms with van der Waals surface area (Å²) in [6.07, 6.45) is 3.89. The fraction of sp³-hybridized carbons (Fsp3) is 0.583. The third-order valence-corrected chi connectivity index (χ3v) is 2.43. The largest absolute Gasteiger partial charge is 0.295 e. The van der Waals surface area contributed by atoms with E-state index in [-0.39, 0.29) is 5.78 Å². The van der Waals surface area contributed by atoms with E-state index in [4.69, 9.17) is 0 Å². The molecular formula is C12H20O. The van der Waals surface area contributed by atoms with E-state index in [0.29, 0.717) is 0 Å². The Labute approximate surface area is 81.5 Å². The van der Waals surface area contributed by atoms with Crippen molar-refractivity contribution in [3.63, 3.8) is 0 Å². The molecule has 0 fully saturated rings. The van der Waals surface area contributed by atoms with Crippen LogP contribution in [-0.2, 0) is 4.79 Å². The minimum absolute atomic E-state index is 0.186. The molecule has 0 spiro atoms. The van der Waals surface area contributed by atoms with Crippen LogP contribution in [0.3, 0.4) is 0 Å². The van der Waals surface area contributed by atoms with Crippen LogP contribution in [0.15, 0.2) is 22.8 Å². The van der Waals surface area contributed by atoms with E-state index in [9.17, 15) is 4.79 Å². The average molecular weight is 180 g/mol. The summed E-state index contributed by atoms with van der Waals surface area (Å²) in [5, 5.41) is 0. The molecule has 0 aromatic carbocycles. The number of Topliss-reactive ketones (excluding diaryl/α,β-unsaturated/α-hetero) is 1. The van der Waals surface area contributed by atoms with E-state index in [2.05, 4.69) is 20.8 Å². The summed E-state index contributed by atoms with van der Waals surface area (Å²) in [7, 11) is 0. The first-order chi connectivity index (χ1) is 6.02. The fourth-order valence-corrected chi connectivity index (χ4v) is 1.12. The standard InChI is InChI=1S/C12H20O/c1-6-9(3)10(4)8-12(7-2)11(5)13/h8H,6-7H2,1-5H3/b10-9+,12-8+. The SMILES string of the molecule is CC/C(=C\C(C)=C(/C)CC)C(C)=O. The predicted octanol–water partition coefficient (Wildman–Crippen LogP) is 3.66. The van der Waals surface area contributed by atoms with Crippen molar-refractivity contribution in [2.24, 2.45) is 0 Å². The van der Waals surface area contributed by atoms with Crippen molar-refractivity contribution in [1.29, 1.82) is 0 Å². The zero-order chi connectivity index (χ0) is 10.4. The summed E-state index contributed by atoms with van der Waals surface area (Å²) in [6, 6.07) is 0. The van der Waals surface area contributed by atoms with Crippen LogP contribution in [0, 0.1) is 0 Å². The van der Waals surface area contributed by atoms with Crippen molar-refractivity contribution in [1.82, 2.24) is 0 Å². The van der Waals surface area contributed by atoms with E-state index in [1.807, 2.05) is 13.0 Å². The van der Waals surface area contributed by atoms with E-state index >= 15 is 0 Å². The van der Waals surface area contributed by atoms with Gasteiger partial charge in [-0.1, -0.05) is 31.1 Å². The van der Waals surface area contributed by atoms with Crippen LogP contribution in [0.4, 0.5) is 0 Å². The number of hydrogen-bond donors (Lipinski definition) is 0. The molecule has 0 bridgehead atoms. The van der Waals surface area contributed by atoms with Crippen LogP contribution >= 0.6 is 0 Å². The molecular weight excluding hydrogens is 160 g/mol. The molecule has 0 unspecified atom stereocenters. The van der Waals surface area contributed by atoms with Gasteiger partial charge in [0.25, 0.3) is 0 Å². The highest BCUT2D eigenvalue weighted by atomic mass is 16.1. The van der Waals surface area contributed by atoms with Crippen molar-refractivity contribution < 1.29 is 4.79 Å². The Morgan fingerprint density at radius 2 is 1.62 bits per heavy atom. The van der Waals surface area contributed by atoms with Crippen LogP contribution in [0.5, 0.6) is 0 Å². The molecule has 0 saturated carbocycles. The van der Waals surface area contributed by atoms with E-state index < -0.39 is 0 Å². The van der Waals surface area contributed by atoms with Crippen molar-refractivity contribution >= 4 is 5.78 Å². The Morgan fingerprint density at radius 1 is 1.08 bits per heavy atom. The highest BCUT2D eigenvalue weighted by Gasteiger charge is 2.01. The quantitative estimate of drug-likeness (QED) is 0.476. The lowest BCUT2D eigenvalue weighted by Gasteiger charge is -2.03. The molecule has 0 aliphatic rings. The first kappa shape index (κ1) is 12.2. The second kappa shape index (κ2) is 5.74. The molecule has 0 aliphatic heterocycles. The van der Waals surface area contributed by atoms with E-state index in [1.54, 1.807) is 6.92 Å². The molecule has 0 heterocycles. The average Bonchev–Trinajstić information content (AvgIpc) is 2.11. The van der Waals surface area contributed by atoms with Crippen LogP contribution in [0.25, 0.3) is 0 Å². The summed E-state index contributed by atoms with van der Waals surface area (Å²) in [5.41, 5.74) is 3.51. The molecule has 0 aromatic rings. The highest BCUT2D eigenvalue weighted by molar-refractivity contribution is 5.93. The van der Waals surface area contributed by atoms with Crippen molar-refractivity contribution in [2.75, 3.05) is 0 Å². The summed E-state index contributed by atoms with van der Waals surface area (Å²) in [4.78, 5) is 11.1. The molecule has 0 rings (SSSR count). The fourth-order valence-electron chi connectivity index (χ4n) is 1.12. The molecule has 0 radical (unpaired) electrons. The number of hydrogen-bond acceptors (Lipinski definition) is 1. The number of rotatable bonds is 4. The zero-order valence-electron chi connectivity index (χ0n) is 9.40. The molecule has 74 valence electrons. The van der Waals surface area contributed by atoms with Crippen LogP contribution in [0.2, 0.25) is 0 Å². The van der Waals surface area contributed by atoms with Crippen LogP contribution in [0.1, 0.15) is 47.5 Å². The number of ketones is 1. The molecule has 0 saturated heterocycles. The van der Waals surface area contributed by atoms with Crippen molar-refractivity contribution in [2.45, 2.75) is 47.5 Å². The van der Waals surface area contributed by atoms with E-state index in [1.165, 1.54) is 11.1 Å². The molecule has 13 heavy (non-hydrogen) atoms. The molecule has 0 aliphatic carbocycles. The topological polar surface area (TPSA) is 17.1 Å². The van der Waals surface area contributed by atoms with Gasteiger partial charge in [-0.3, -0.25) is 4.79 Å². The molecule has 0 amide bonds. The monoisotopic (exact) mass is 180 g/mol. The summed E-state index contributed by atoms with van der Waals surface area (Å²) in [5.74, 6) is 0.186. The van der Waals surface area contributed by atoms with Gasteiger partial charge in [0.05, 0.1) is 0 Å². The normalized spacial score (nSPS) is 14.1. The number of carbonyl (C=O) groups excluding carboxylic acids is 1. The molecule has 0 aromatic heterocycles. The third kappa shape index (κ3) is 4.07. The van der Waals surface area contributed by atoms with Gasteiger partial charge in [-0.2, -0.15) is 0 Å². The van der Waals surface area contributed by atoms with Gasteiger partial charge < -0.3 is 0 Å². The van der Waals surface area contributed by atoms with Gasteiger partial charge in [0.1, 0.15) is 0 Å². The smallest absolute Gasteiger partial charge is 0.155 e. The van der Waals surface area contributed by atoms with Gasteiger partial charge in [0.2, 0.25) is 0 Å². The predicted molar refractivity (Wildman–Crippen MR) is 57.7 cm³/mol. The van der Waals surface area contributed by atoms with Gasteiger partial charge >= 0.3 is 0 Å². The maximum atomic E-state index is 11.1. The van der Waals surface area contributed by atoms with Gasteiger partial charge in [-0.25, -0.2) is 0 Å². The Kier molecular flexibility index (Phi) is 5.36. The van der Waals surface area contributed by atoms with E-state index in [0.717, 1.165) is 18.4 Å². The molecule has 1 nitrogen and oxygen atoms in total. The highest BCUT2D eigenvalue weighted by Crippen LogP contribution is 2.13. The second-order valence-electron chi connectivity index (χ2n) is 3.40. The Balaban J connectivity index is 4.80. The van der Waals surface area contributed by atoms with Crippen LogP contribution < -0.4 is 0 Å². The Hall–Kier alpha value is -0.850. The lowest BCUT2D eigenvalue weighted by Crippen LogP contribution is -1.95. The van der Waals surface area contributed by atoms with Gasteiger partial charge in [-0.15, -0.1) is 0 Å². The zero-order valence-corrected chi connectivity index (χ0v) is 9.40. The summed E-state index contributed by atoms with van der Waals surface area (Å²) < 4.78 is 0. The first-order valence-electron chi connectivity index (χ1n) is 4.90. The maximum Gasteiger partial charge on any atom is 0.155 e. The lowest BCUT2D eigenvalue weighted by molar-refractivity contribution is -0.113. The van der Waals surface area contributed by atoms with Gasteiger partial charge in [0, 0.05) is 0 Å². The van der Waals surface area contributed by atoms with Crippen molar-refractivity contribution in [3.05, 3.63) is 22.8 Å². The first-order valence-corrected chi connectivity index (χ1v) is 4.90. The van der Waals surface area contributed by atoms with Gasteiger partial charge in [0.15, 0.2) is 5.78 Å². The molecule has 1 heteroatoms.